The molecule has 1 rings (SSSR count). The zero-order chi connectivity index (χ0) is 16.0. The number of carbonyl (C=O) groups excluding carboxylic acids is 2. The van der Waals surface area contributed by atoms with Crippen LogP contribution in [0.15, 0.2) is 23.4 Å². The molecule has 0 aliphatic carbocycles. The molecule has 9 heteroatoms. The highest BCUT2D eigenvalue weighted by atomic mass is 32.2. The lowest BCUT2D eigenvalue weighted by molar-refractivity contribution is -0.157. The van der Waals surface area contributed by atoms with E-state index in [1.165, 1.54) is 23.0 Å². The Morgan fingerprint density at radius 3 is 2.14 bits per heavy atom. The molecule has 8 nitrogen and oxygen atoms in total. The molecule has 118 valence electrons. The van der Waals surface area contributed by atoms with E-state index < -0.39 is 28.0 Å². The summed E-state index contributed by atoms with van der Waals surface area (Å²) in [6.07, 6.45) is 2.87. The molecule has 0 bridgehead atoms. The third-order valence-electron chi connectivity index (χ3n) is 2.43. The minimum Gasteiger partial charge on any atom is -0.464 e. The van der Waals surface area contributed by atoms with Gasteiger partial charge in [0.05, 0.1) is 18.1 Å². The van der Waals surface area contributed by atoms with Gasteiger partial charge in [-0.1, -0.05) is 0 Å². The van der Waals surface area contributed by atoms with Crippen LogP contribution in [0.1, 0.15) is 13.8 Å². The minimum absolute atomic E-state index is 0.0157. The van der Waals surface area contributed by atoms with E-state index in [1.807, 2.05) is 4.72 Å². The van der Waals surface area contributed by atoms with Gasteiger partial charge in [-0.15, -0.1) is 0 Å². The molecule has 21 heavy (non-hydrogen) atoms. The molecule has 1 N–H and O–H groups in total. The van der Waals surface area contributed by atoms with Gasteiger partial charge in [0.25, 0.3) is 0 Å². The number of nitrogens with zero attached hydrogens (tertiary/aromatic N) is 1. The molecule has 1 aromatic heterocycles. The second-order valence-electron chi connectivity index (χ2n) is 4.07. The van der Waals surface area contributed by atoms with E-state index in [9.17, 15) is 18.0 Å². The number of rotatable bonds is 7. The van der Waals surface area contributed by atoms with E-state index in [4.69, 9.17) is 0 Å². The van der Waals surface area contributed by atoms with Crippen LogP contribution in [0.2, 0.25) is 0 Å². The Morgan fingerprint density at radius 2 is 1.76 bits per heavy atom. The van der Waals surface area contributed by atoms with Crippen molar-refractivity contribution in [2.75, 3.05) is 13.2 Å². The fourth-order valence-electron chi connectivity index (χ4n) is 1.50. The average Bonchev–Trinajstić information content (AvgIpc) is 2.84. The monoisotopic (exact) mass is 318 g/mol. The highest BCUT2D eigenvalue weighted by Crippen LogP contribution is 2.10. The van der Waals surface area contributed by atoms with Crippen molar-refractivity contribution < 1.29 is 27.5 Å². The first-order valence-electron chi connectivity index (χ1n) is 6.29. The lowest BCUT2D eigenvalue weighted by atomic mass is 10.3. The molecule has 0 aliphatic heterocycles. The molecule has 0 saturated carbocycles. The maximum atomic E-state index is 12.1. The first-order chi connectivity index (χ1) is 9.81. The highest BCUT2D eigenvalue weighted by molar-refractivity contribution is 7.89. The number of aromatic nitrogens is 1. The topological polar surface area (TPSA) is 104 Å². The highest BCUT2D eigenvalue weighted by Gasteiger charge is 2.34. The van der Waals surface area contributed by atoms with Gasteiger partial charge in [0.2, 0.25) is 16.1 Å². The Bertz CT molecular complexity index is 589. The summed E-state index contributed by atoms with van der Waals surface area (Å²) in [6, 6.07) is -0.384. The molecule has 0 radical (unpaired) electrons. The normalized spacial score (nSPS) is 11.4. The van der Waals surface area contributed by atoms with Crippen molar-refractivity contribution >= 4 is 22.0 Å². The summed E-state index contributed by atoms with van der Waals surface area (Å²) < 4.78 is 37.2. The van der Waals surface area contributed by atoms with Crippen LogP contribution < -0.4 is 4.72 Å². The minimum atomic E-state index is -4.04. The van der Waals surface area contributed by atoms with Crippen LogP contribution in [-0.4, -0.2) is 44.2 Å². The molecule has 1 aromatic rings. The van der Waals surface area contributed by atoms with Crippen LogP contribution in [0, 0.1) is 0 Å². The van der Waals surface area contributed by atoms with E-state index in [2.05, 4.69) is 9.47 Å². The summed E-state index contributed by atoms with van der Waals surface area (Å²) >= 11 is 0. The summed E-state index contributed by atoms with van der Waals surface area (Å²) in [6.45, 7) is 3.13. The van der Waals surface area contributed by atoms with Crippen molar-refractivity contribution in [3.63, 3.8) is 0 Å². The summed E-state index contributed by atoms with van der Waals surface area (Å²) in [4.78, 5) is 23.4. The smallest absolute Gasteiger partial charge is 0.335 e. The van der Waals surface area contributed by atoms with Gasteiger partial charge in [-0.05, 0) is 19.9 Å². The SMILES string of the molecule is CCOC(=O)C(NS(=O)(=O)c1ccn(C)c1)C(=O)OCC. The van der Waals surface area contributed by atoms with E-state index in [-0.39, 0.29) is 18.1 Å². The molecule has 1 heterocycles. The van der Waals surface area contributed by atoms with Gasteiger partial charge in [-0.2, -0.15) is 4.72 Å². The number of sulfonamides is 1. The molecule has 0 atom stereocenters. The Labute approximate surface area is 123 Å². The quantitative estimate of drug-likeness (QED) is 0.551. The number of nitrogens with one attached hydrogen (secondary N) is 1. The first kappa shape index (κ1) is 17.2. The predicted octanol–water partition coefficient (Wildman–Crippen LogP) is -0.202. The van der Waals surface area contributed by atoms with Gasteiger partial charge >= 0.3 is 11.9 Å². The average molecular weight is 318 g/mol. The summed E-state index contributed by atoms with van der Waals surface area (Å²) in [5.74, 6) is -2.01. The zero-order valence-electron chi connectivity index (χ0n) is 12.0. The van der Waals surface area contributed by atoms with Gasteiger partial charge in [0.15, 0.2) is 0 Å². The summed E-state index contributed by atoms with van der Waals surface area (Å²) in [7, 11) is -2.39. The number of hydrogen-bond donors (Lipinski definition) is 1. The van der Waals surface area contributed by atoms with E-state index >= 15 is 0 Å². The number of ether oxygens (including phenoxy) is 2. The van der Waals surface area contributed by atoms with Crippen molar-refractivity contribution in [2.24, 2.45) is 7.05 Å². The lowest BCUT2D eigenvalue weighted by Gasteiger charge is -2.15. The molecule has 0 amide bonds. The summed E-state index contributed by atoms with van der Waals surface area (Å²) in [5, 5.41) is 0. The second kappa shape index (κ2) is 7.23. The van der Waals surface area contributed by atoms with Crippen LogP contribution in [-0.2, 0) is 36.1 Å². The fraction of sp³-hybridized carbons (Fsp3) is 0.500. The van der Waals surface area contributed by atoms with Gasteiger partial charge in [0, 0.05) is 19.4 Å². The largest absolute Gasteiger partial charge is 0.464 e. The number of carbonyl (C=O) groups is 2. The zero-order valence-corrected chi connectivity index (χ0v) is 12.8. The Kier molecular flexibility index (Phi) is 5.91. The second-order valence-corrected chi connectivity index (χ2v) is 5.79. The van der Waals surface area contributed by atoms with Gasteiger partial charge in [0.1, 0.15) is 0 Å². The van der Waals surface area contributed by atoms with Crippen molar-refractivity contribution in [1.82, 2.24) is 9.29 Å². The van der Waals surface area contributed by atoms with Crippen LogP contribution in [0.4, 0.5) is 0 Å². The Hall–Kier alpha value is -1.87. The van der Waals surface area contributed by atoms with Crippen LogP contribution >= 0.6 is 0 Å². The van der Waals surface area contributed by atoms with Crippen LogP contribution in [0.5, 0.6) is 0 Å². The van der Waals surface area contributed by atoms with Gasteiger partial charge < -0.3 is 14.0 Å². The molecule has 0 spiro atoms. The Morgan fingerprint density at radius 1 is 1.24 bits per heavy atom. The van der Waals surface area contributed by atoms with E-state index in [0.717, 1.165) is 0 Å². The third-order valence-corrected chi connectivity index (χ3v) is 3.84. The molecule has 0 aliphatic rings. The predicted molar refractivity (Wildman–Crippen MR) is 72.8 cm³/mol. The molecule has 0 saturated heterocycles. The first-order valence-corrected chi connectivity index (χ1v) is 7.77. The molecule has 0 aromatic carbocycles. The van der Waals surface area contributed by atoms with Gasteiger partial charge in [-0.25, -0.2) is 18.0 Å². The van der Waals surface area contributed by atoms with Crippen molar-refractivity contribution in [1.29, 1.82) is 0 Å². The third kappa shape index (κ3) is 4.57. The van der Waals surface area contributed by atoms with Crippen molar-refractivity contribution in [3.8, 4) is 0 Å². The lowest BCUT2D eigenvalue weighted by Crippen LogP contribution is -2.48. The molecule has 0 fully saturated rings. The fourth-order valence-corrected chi connectivity index (χ4v) is 2.69. The standard InChI is InChI=1S/C12H18N2O6S/c1-4-19-11(15)10(12(16)20-5-2)13-21(17,18)9-6-7-14(3)8-9/h6-8,10,13H,4-5H2,1-3H3. The van der Waals surface area contributed by atoms with Crippen LogP contribution in [0.25, 0.3) is 0 Å². The molecular weight excluding hydrogens is 300 g/mol. The van der Waals surface area contributed by atoms with Crippen LogP contribution in [0.3, 0.4) is 0 Å². The number of hydrogen-bond acceptors (Lipinski definition) is 6. The van der Waals surface area contributed by atoms with E-state index in [1.54, 1.807) is 20.9 Å². The van der Waals surface area contributed by atoms with E-state index in [0.29, 0.717) is 0 Å². The van der Waals surface area contributed by atoms with Crippen molar-refractivity contribution in [2.45, 2.75) is 24.8 Å². The number of aryl methyl sites for hydroxylation is 1. The number of esters is 2. The summed E-state index contributed by atoms with van der Waals surface area (Å²) in [5.41, 5.74) is 0. The Balaban J connectivity index is 2.99. The van der Waals surface area contributed by atoms with Crippen molar-refractivity contribution in [3.05, 3.63) is 18.5 Å². The van der Waals surface area contributed by atoms with Gasteiger partial charge in [-0.3, -0.25) is 0 Å². The molecular formula is C12H18N2O6S. The maximum absolute atomic E-state index is 12.1. The maximum Gasteiger partial charge on any atom is 0.335 e. The molecule has 0 unspecified atom stereocenters.